The summed E-state index contributed by atoms with van der Waals surface area (Å²) in [4.78, 5) is 3.94. The highest BCUT2D eigenvalue weighted by Gasteiger charge is 2.31. The zero-order valence-corrected chi connectivity index (χ0v) is 10.8. The van der Waals surface area contributed by atoms with E-state index in [-0.39, 0.29) is 6.54 Å². The smallest absolute Gasteiger partial charge is 0.152 e. The number of aliphatic hydroxyl groups excluding tert-OH is 1. The van der Waals surface area contributed by atoms with E-state index in [9.17, 15) is 13.5 Å². The second-order valence-electron chi connectivity index (χ2n) is 4.15. The van der Waals surface area contributed by atoms with E-state index < -0.39 is 27.1 Å². The lowest BCUT2D eigenvalue weighted by Gasteiger charge is -2.25. The van der Waals surface area contributed by atoms with Crippen molar-refractivity contribution in [1.82, 2.24) is 4.98 Å². The number of hydrogen-bond donors (Lipinski definition) is 2. The predicted molar refractivity (Wildman–Crippen MR) is 66.3 cm³/mol. The molecule has 0 bridgehead atoms. The normalized spacial score (nSPS) is 17.4. The lowest BCUT2D eigenvalue weighted by atomic mass is 9.93. The van der Waals surface area contributed by atoms with Crippen molar-refractivity contribution in [3.8, 4) is 0 Å². The number of rotatable bonds is 5. The van der Waals surface area contributed by atoms with E-state index in [1.54, 1.807) is 24.5 Å². The highest BCUT2D eigenvalue weighted by molar-refractivity contribution is 7.91. The first kappa shape index (κ1) is 14.1. The summed E-state index contributed by atoms with van der Waals surface area (Å²) in [6.07, 6.45) is 3.29. The maximum Gasteiger partial charge on any atom is 0.152 e. The first-order valence-electron chi connectivity index (χ1n) is 5.35. The Morgan fingerprint density at radius 2 is 2.18 bits per heavy atom. The fourth-order valence-electron chi connectivity index (χ4n) is 1.65. The molecule has 0 aromatic carbocycles. The fourth-order valence-corrected chi connectivity index (χ4v) is 2.34. The Balaban J connectivity index is 2.97. The van der Waals surface area contributed by atoms with Gasteiger partial charge in [-0.25, -0.2) is 8.42 Å². The van der Waals surface area contributed by atoms with Gasteiger partial charge in [-0.1, -0.05) is 6.07 Å². The molecule has 3 N–H and O–H groups in total. The van der Waals surface area contributed by atoms with Gasteiger partial charge in [0.05, 0.1) is 11.4 Å². The molecule has 0 saturated heterocycles. The Kier molecular flexibility index (Phi) is 4.62. The van der Waals surface area contributed by atoms with Gasteiger partial charge < -0.3 is 10.8 Å². The Hall–Kier alpha value is -0.980. The van der Waals surface area contributed by atoms with Gasteiger partial charge in [0.25, 0.3) is 0 Å². The predicted octanol–water partition coefficient (Wildman–Crippen LogP) is -0.0821. The summed E-state index contributed by atoms with van der Waals surface area (Å²) in [7, 11) is -3.29. The Labute approximate surface area is 102 Å². The first-order chi connectivity index (χ1) is 7.88. The molecule has 0 saturated carbocycles. The van der Waals surface area contributed by atoms with Gasteiger partial charge in [0, 0.05) is 31.1 Å². The topological polar surface area (TPSA) is 93.3 Å². The molecule has 6 heteroatoms. The van der Waals surface area contributed by atoms with Gasteiger partial charge >= 0.3 is 0 Å². The highest BCUT2D eigenvalue weighted by atomic mass is 32.2. The average molecular weight is 258 g/mol. The van der Waals surface area contributed by atoms with Crippen molar-refractivity contribution in [2.45, 2.75) is 24.2 Å². The Bertz CT molecular complexity index is 447. The molecule has 1 rings (SSSR count). The van der Waals surface area contributed by atoms with Crippen LogP contribution in [0.2, 0.25) is 0 Å². The maximum absolute atomic E-state index is 11.4. The van der Waals surface area contributed by atoms with Crippen LogP contribution >= 0.6 is 0 Å². The number of sulfone groups is 1. The molecule has 1 heterocycles. The van der Waals surface area contributed by atoms with Crippen LogP contribution in [-0.4, -0.2) is 42.7 Å². The molecule has 0 amide bonds. The van der Waals surface area contributed by atoms with E-state index in [1.807, 2.05) is 0 Å². The summed E-state index contributed by atoms with van der Waals surface area (Å²) in [5.74, 6) is -0.423. The minimum absolute atomic E-state index is 0.173. The summed E-state index contributed by atoms with van der Waals surface area (Å²) in [5.41, 5.74) is 6.35. The number of aliphatic hydroxyl groups is 1. The van der Waals surface area contributed by atoms with Crippen LogP contribution in [0.5, 0.6) is 0 Å². The van der Waals surface area contributed by atoms with Crippen LogP contribution in [0.15, 0.2) is 24.5 Å². The standard InChI is InChI=1S/C11H18N2O3S/c1-8(17(2,15)16)11(14)10(6-12)9-4-3-5-13-7-9/h3-5,7-8,10-11,14H,6,12H2,1-2H3. The van der Waals surface area contributed by atoms with Crippen molar-refractivity contribution in [2.24, 2.45) is 5.73 Å². The average Bonchev–Trinajstić information content (AvgIpc) is 2.29. The summed E-state index contributed by atoms with van der Waals surface area (Å²) >= 11 is 0. The number of aromatic nitrogens is 1. The van der Waals surface area contributed by atoms with Crippen LogP contribution in [0.4, 0.5) is 0 Å². The lowest BCUT2D eigenvalue weighted by molar-refractivity contribution is 0.143. The molecule has 1 aromatic heterocycles. The number of hydrogen-bond acceptors (Lipinski definition) is 5. The summed E-state index contributed by atoms with van der Waals surface area (Å²) < 4.78 is 22.8. The van der Waals surface area contributed by atoms with Gasteiger partial charge in [-0.3, -0.25) is 4.98 Å². The van der Waals surface area contributed by atoms with E-state index in [0.29, 0.717) is 0 Å². The summed E-state index contributed by atoms with van der Waals surface area (Å²) in [6.45, 7) is 1.66. The minimum atomic E-state index is -3.29. The van der Waals surface area contributed by atoms with Gasteiger partial charge in [0.15, 0.2) is 9.84 Å². The second kappa shape index (κ2) is 5.57. The largest absolute Gasteiger partial charge is 0.391 e. The van der Waals surface area contributed by atoms with E-state index in [1.165, 1.54) is 6.92 Å². The molecule has 0 spiro atoms. The lowest BCUT2D eigenvalue weighted by Crippen LogP contribution is -2.38. The van der Waals surface area contributed by atoms with Gasteiger partial charge in [-0.05, 0) is 18.6 Å². The van der Waals surface area contributed by atoms with Crippen LogP contribution in [0, 0.1) is 0 Å². The van der Waals surface area contributed by atoms with Crippen molar-refractivity contribution in [3.05, 3.63) is 30.1 Å². The number of nitrogens with two attached hydrogens (primary N) is 1. The second-order valence-corrected chi connectivity index (χ2v) is 6.56. The van der Waals surface area contributed by atoms with Crippen molar-refractivity contribution < 1.29 is 13.5 Å². The Morgan fingerprint density at radius 1 is 1.53 bits per heavy atom. The third-order valence-corrected chi connectivity index (χ3v) is 4.56. The summed E-state index contributed by atoms with van der Waals surface area (Å²) in [6, 6.07) is 3.51. The molecule has 96 valence electrons. The van der Waals surface area contributed by atoms with Crippen LogP contribution in [0.1, 0.15) is 18.4 Å². The molecule has 0 radical (unpaired) electrons. The van der Waals surface area contributed by atoms with E-state index in [4.69, 9.17) is 5.73 Å². The van der Waals surface area contributed by atoms with Gasteiger partial charge in [-0.2, -0.15) is 0 Å². The molecule has 17 heavy (non-hydrogen) atoms. The Morgan fingerprint density at radius 3 is 2.59 bits per heavy atom. The SMILES string of the molecule is CC(C(O)C(CN)c1cccnc1)S(C)(=O)=O. The van der Waals surface area contributed by atoms with Crippen molar-refractivity contribution in [2.75, 3.05) is 12.8 Å². The van der Waals surface area contributed by atoms with E-state index in [0.717, 1.165) is 11.8 Å². The molecule has 0 aliphatic rings. The highest BCUT2D eigenvalue weighted by Crippen LogP contribution is 2.22. The molecule has 5 nitrogen and oxygen atoms in total. The van der Waals surface area contributed by atoms with Crippen LogP contribution in [0.25, 0.3) is 0 Å². The van der Waals surface area contributed by atoms with E-state index >= 15 is 0 Å². The first-order valence-corrected chi connectivity index (χ1v) is 7.30. The monoisotopic (exact) mass is 258 g/mol. The molecule has 3 unspecified atom stereocenters. The zero-order chi connectivity index (χ0) is 13.1. The van der Waals surface area contributed by atoms with Crippen molar-refractivity contribution in [3.63, 3.8) is 0 Å². The maximum atomic E-state index is 11.4. The number of nitrogens with zero attached hydrogens (tertiary/aromatic N) is 1. The molecule has 0 aliphatic carbocycles. The fraction of sp³-hybridized carbons (Fsp3) is 0.545. The molecule has 0 fully saturated rings. The summed E-state index contributed by atoms with van der Waals surface area (Å²) in [5, 5.41) is 9.23. The van der Waals surface area contributed by atoms with Gasteiger partial charge in [-0.15, -0.1) is 0 Å². The minimum Gasteiger partial charge on any atom is -0.391 e. The van der Waals surface area contributed by atoms with Crippen molar-refractivity contribution >= 4 is 9.84 Å². The van der Waals surface area contributed by atoms with Crippen LogP contribution < -0.4 is 5.73 Å². The quantitative estimate of drug-likeness (QED) is 0.770. The van der Waals surface area contributed by atoms with Gasteiger partial charge in [0.1, 0.15) is 0 Å². The molecular weight excluding hydrogens is 240 g/mol. The molecular formula is C11H18N2O3S. The zero-order valence-electron chi connectivity index (χ0n) is 9.95. The van der Waals surface area contributed by atoms with Crippen molar-refractivity contribution in [1.29, 1.82) is 0 Å². The van der Waals surface area contributed by atoms with Crippen LogP contribution in [-0.2, 0) is 9.84 Å². The molecule has 1 aromatic rings. The number of pyridine rings is 1. The van der Waals surface area contributed by atoms with Gasteiger partial charge in [0.2, 0.25) is 0 Å². The molecule has 3 atom stereocenters. The van der Waals surface area contributed by atoms with Crippen LogP contribution in [0.3, 0.4) is 0 Å². The third-order valence-electron chi connectivity index (χ3n) is 2.94. The molecule has 0 aliphatic heterocycles. The van der Waals surface area contributed by atoms with E-state index in [2.05, 4.69) is 4.98 Å². The third kappa shape index (κ3) is 3.49.